The molecular formula is C17H29NO3. The quantitative estimate of drug-likeness (QED) is 0.735. The van der Waals surface area contributed by atoms with Gasteiger partial charge >= 0.3 is 0 Å². The van der Waals surface area contributed by atoms with Crippen LogP contribution in [-0.2, 0) is 0 Å². The van der Waals surface area contributed by atoms with Gasteiger partial charge in [0.15, 0.2) is 0 Å². The molecule has 2 unspecified atom stereocenters. The van der Waals surface area contributed by atoms with Crippen molar-refractivity contribution >= 4 is 0 Å². The fourth-order valence-corrected chi connectivity index (χ4v) is 2.56. The number of hydrogen-bond acceptors (Lipinski definition) is 4. The zero-order chi connectivity index (χ0) is 15.9. The fraction of sp³-hybridized carbons (Fsp3) is 0.647. The van der Waals surface area contributed by atoms with Gasteiger partial charge in [-0.15, -0.1) is 0 Å². The smallest absolute Gasteiger partial charge is 0.119 e. The van der Waals surface area contributed by atoms with Gasteiger partial charge in [0.1, 0.15) is 11.5 Å². The van der Waals surface area contributed by atoms with Crippen molar-refractivity contribution in [1.82, 2.24) is 5.32 Å². The van der Waals surface area contributed by atoms with Crippen molar-refractivity contribution in [2.45, 2.75) is 58.7 Å². The van der Waals surface area contributed by atoms with E-state index in [9.17, 15) is 5.11 Å². The molecule has 0 fully saturated rings. The first kappa shape index (κ1) is 17.8. The molecule has 0 aliphatic carbocycles. The minimum atomic E-state index is -0.334. The van der Waals surface area contributed by atoms with E-state index in [-0.39, 0.29) is 18.2 Å². The highest BCUT2D eigenvalue weighted by Crippen LogP contribution is 2.21. The summed E-state index contributed by atoms with van der Waals surface area (Å²) in [6.45, 7) is 10.9. The topological polar surface area (TPSA) is 50.7 Å². The lowest BCUT2D eigenvalue weighted by Crippen LogP contribution is -2.51. The zero-order valence-corrected chi connectivity index (χ0v) is 13.8. The number of nitrogens with one attached hydrogen (secondary N) is 1. The lowest BCUT2D eigenvalue weighted by molar-refractivity contribution is 0.104. The summed E-state index contributed by atoms with van der Waals surface area (Å²) in [5.74, 6) is 1.66. The first-order valence-corrected chi connectivity index (χ1v) is 7.66. The average molecular weight is 295 g/mol. The Labute approximate surface area is 128 Å². The molecule has 1 aromatic rings. The summed E-state index contributed by atoms with van der Waals surface area (Å²) in [6.07, 6.45) is 0.737. The summed E-state index contributed by atoms with van der Waals surface area (Å²) >= 11 is 0. The third-order valence-corrected chi connectivity index (χ3v) is 3.20. The van der Waals surface area contributed by atoms with E-state index in [1.54, 1.807) is 0 Å². The second-order valence-electron chi connectivity index (χ2n) is 6.05. The summed E-state index contributed by atoms with van der Waals surface area (Å²) in [7, 11) is 0. The molecule has 0 saturated heterocycles. The lowest BCUT2D eigenvalue weighted by atomic mass is 9.94. The van der Waals surface area contributed by atoms with E-state index in [4.69, 9.17) is 9.47 Å². The number of ether oxygens (including phenoxy) is 2. The van der Waals surface area contributed by atoms with Crippen molar-refractivity contribution in [1.29, 1.82) is 0 Å². The van der Waals surface area contributed by atoms with Crippen LogP contribution >= 0.6 is 0 Å². The van der Waals surface area contributed by atoms with E-state index in [2.05, 4.69) is 19.2 Å². The molecule has 0 aromatic heterocycles. The molecule has 0 saturated carbocycles. The fourth-order valence-electron chi connectivity index (χ4n) is 2.56. The molecule has 1 rings (SSSR count). The SMILES string of the molecule is CCOc1ccc(OC(C)CC(C)(CO)NC(C)C)cc1. The molecule has 4 heteroatoms. The summed E-state index contributed by atoms with van der Waals surface area (Å²) in [5.41, 5.74) is -0.334. The van der Waals surface area contributed by atoms with E-state index in [1.807, 2.05) is 45.0 Å². The van der Waals surface area contributed by atoms with Gasteiger partial charge < -0.3 is 19.9 Å². The van der Waals surface area contributed by atoms with Gasteiger partial charge in [0.2, 0.25) is 0 Å². The van der Waals surface area contributed by atoms with Gasteiger partial charge in [-0.1, -0.05) is 13.8 Å². The normalized spacial score (nSPS) is 15.6. The monoisotopic (exact) mass is 295 g/mol. The highest BCUT2D eigenvalue weighted by molar-refractivity contribution is 5.31. The van der Waals surface area contributed by atoms with Crippen LogP contribution < -0.4 is 14.8 Å². The Balaban J connectivity index is 2.57. The third-order valence-electron chi connectivity index (χ3n) is 3.20. The zero-order valence-electron chi connectivity index (χ0n) is 13.8. The van der Waals surface area contributed by atoms with Crippen molar-refractivity contribution < 1.29 is 14.6 Å². The number of hydrogen-bond donors (Lipinski definition) is 2. The Morgan fingerprint density at radius 1 is 1.14 bits per heavy atom. The number of rotatable bonds is 9. The van der Waals surface area contributed by atoms with Crippen LogP contribution in [0.3, 0.4) is 0 Å². The van der Waals surface area contributed by atoms with Crippen molar-refractivity contribution in [2.75, 3.05) is 13.2 Å². The van der Waals surface area contributed by atoms with Crippen LogP contribution in [0, 0.1) is 0 Å². The minimum absolute atomic E-state index is 0.00587. The maximum atomic E-state index is 9.61. The van der Waals surface area contributed by atoms with Crippen LogP contribution in [0.4, 0.5) is 0 Å². The van der Waals surface area contributed by atoms with Crippen molar-refractivity contribution in [3.05, 3.63) is 24.3 Å². The van der Waals surface area contributed by atoms with E-state index >= 15 is 0 Å². The van der Waals surface area contributed by atoms with Gasteiger partial charge in [0, 0.05) is 18.0 Å². The van der Waals surface area contributed by atoms with Crippen LogP contribution in [0.15, 0.2) is 24.3 Å². The van der Waals surface area contributed by atoms with E-state index in [0.717, 1.165) is 17.9 Å². The van der Waals surface area contributed by atoms with E-state index in [1.165, 1.54) is 0 Å². The second kappa shape index (κ2) is 8.25. The molecule has 0 aliphatic heterocycles. The number of aliphatic hydroxyl groups excluding tert-OH is 1. The summed E-state index contributed by atoms with van der Waals surface area (Å²) in [5, 5.41) is 13.0. The Hall–Kier alpha value is -1.26. The molecule has 0 bridgehead atoms. The summed E-state index contributed by atoms with van der Waals surface area (Å²) in [4.78, 5) is 0. The van der Waals surface area contributed by atoms with Crippen LogP contribution in [0.1, 0.15) is 41.0 Å². The van der Waals surface area contributed by atoms with Gasteiger partial charge in [-0.3, -0.25) is 0 Å². The van der Waals surface area contributed by atoms with Crippen molar-refractivity contribution in [3.8, 4) is 11.5 Å². The molecule has 1 aromatic carbocycles. The van der Waals surface area contributed by atoms with Crippen LogP contribution in [0.5, 0.6) is 11.5 Å². The molecular weight excluding hydrogens is 266 g/mol. The molecule has 0 heterocycles. The Morgan fingerprint density at radius 2 is 1.71 bits per heavy atom. The molecule has 2 atom stereocenters. The van der Waals surface area contributed by atoms with Gasteiger partial charge in [-0.05, 0) is 45.0 Å². The highest BCUT2D eigenvalue weighted by atomic mass is 16.5. The Bertz CT molecular complexity index is 405. The van der Waals surface area contributed by atoms with E-state index in [0.29, 0.717) is 12.6 Å². The van der Waals surface area contributed by atoms with E-state index < -0.39 is 0 Å². The molecule has 0 aliphatic rings. The number of benzene rings is 1. The molecule has 0 amide bonds. The van der Waals surface area contributed by atoms with Crippen molar-refractivity contribution in [2.24, 2.45) is 0 Å². The molecule has 0 radical (unpaired) electrons. The van der Waals surface area contributed by atoms with Crippen molar-refractivity contribution in [3.63, 3.8) is 0 Å². The maximum Gasteiger partial charge on any atom is 0.119 e. The first-order chi connectivity index (χ1) is 9.88. The predicted molar refractivity (Wildman–Crippen MR) is 86.1 cm³/mol. The maximum absolute atomic E-state index is 9.61. The van der Waals surface area contributed by atoms with Crippen LogP contribution in [-0.4, -0.2) is 36.0 Å². The highest BCUT2D eigenvalue weighted by Gasteiger charge is 2.27. The van der Waals surface area contributed by atoms with Gasteiger partial charge in [0.05, 0.1) is 19.3 Å². The first-order valence-electron chi connectivity index (χ1n) is 7.66. The molecule has 120 valence electrons. The third kappa shape index (κ3) is 6.36. The summed E-state index contributed by atoms with van der Waals surface area (Å²) in [6, 6.07) is 7.95. The van der Waals surface area contributed by atoms with Gasteiger partial charge in [0.25, 0.3) is 0 Å². The Morgan fingerprint density at radius 3 is 2.19 bits per heavy atom. The second-order valence-corrected chi connectivity index (χ2v) is 6.05. The van der Waals surface area contributed by atoms with Gasteiger partial charge in [-0.2, -0.15) is 0 Å². The minimum Gasteiger partial charge on any atom is -0.494 e. The molecule has 4 nitrogen and oxygen atoms in total. The molecule has 21 heavy (non-hydrogen) atoms. The molecule has 0 spiro atoms. The lowest BCUT2D eigenvalue weighted by Gasteiger charge is -2.33. The molecule has 2 N–H and O–H groups in total. The Kier molecular flexibility index (Phi) is 6.99. The number of aliphatic hydroxyl groups is 1. The van der Waals surface area contributed by atoms with Crippen LogP contribution in [0.2, 0.25) is 0 Å². The average Bonchev–Trinajstić information content (AvgIpc) is 2.40. The largest absolute Gasteiger partial charge is 0.494 e. The van der Waals surface area contributed by atoms with Crippen LogP contribution in [0.25, 0.3) is 0 Å². The summed E-state index contributed by atoms with van der Waals surface area (Å²) < 4.78 is 11.3. The standard InChI is InChI=1S/C17H29NO3/c1-6-20-15-7-9-16(10-8-15)21-14(4)11-17(5,12-19)18-13(2)3/h7-10,13-14,18-19H,6,11-12H2,1-5H3. The predicted octanol–water partition coefficient (Wildman–Crippen LogP) is 2.99. The van der Waals surface area contributed by atoms with Gasteiger partial charge in [-0.25, -0.2) is 0 Å².